The van der Waals surface area contributed by atoms with Crippen molar-refractivity contribution in [2.45, 2.75) is 11.1 Å². The zero-order valence-corrected chi connectivity index (χ0v) is 13.9. The van der Waals surface area contributed by atoms with E-state index in [0.717, 1.165) is 18.2 Å². The Morgan fingerprint density at radius 1 is 1.08 bits per heavy atom. The molecule has 0 aliphatic carbocycles. The van der Waals surface area contributed by atoms with Crippen LogP contribution in [0.15, 0.2) is 59.5 Å². The monoisotopic (exact) mass is 369 g/mol. The maximum absolute atomic E-state index is 12.6. The molecule has 0 bridgehead atoms. The Bertz CT molecular complexity index is 901. The number of benzene rings is 2. The fourth-order valence-corrected chi connectivity index (χ4v) is 2.73. The van der Waals surface area contributed by atoms with Crippen molar-refractivity contribution in [1.82, 2.24) is 4.72 Å². The Labute approximate surface area is 143 Å². The molecule has 0 radical (unpaired) electrons. The van der Waals surface area contributed by atoms with E-state index in [-0.39, 0.29) is 16.0 Å². The van der Waals surface area contributed by atoms with Gasteiger partial charge in [-0.3, -0.25) is 4.79 Å². The molecule has 132 valence electrons. The molecule has 2 rings (SSSR count). The number of alkyl halides is 3. The normalized spacial score (nSPS) is 12.5. The van der Waals surface area contributed by atoms with Gasteiger partial charge in [0.15, 0.2) is 5.78 Å². The maximum atomic E-state index is 12.6. The lowest BCUT2D eigenvalue weighted by atomic mass is 10.1. The van der Waals surface area contributed by atoms with E-state index in [2.05, 4.69) is 4.72 Å². The molecule has 0 spiro atoms. The molecule has 2 aromatic rings. The first-order valence-electron chi connectivity index (χ1n) is 7.07. The Hall–Kier alpha value is -2.45. The van der Waals surface area contributed by atoms with Gasteiger partial charge in [0.1, 0.15) is 0 Å². The highest BCUT2D eigenvalue weighted by Crippen LogP contribution is 2.29. The summed E-state index contributed by atoms with van der Waals surface area (Å²) in [5.41, 5.74) is -0.348. The number of hydrogen-bond acceptors (Lipinski definition) is 3. The lowest BCUT2D eigenvalue weighted by Crippen LogP contribution is -2.18. The molecule has 2 aromatic carbocycles. The van der Waals surface area contributed by atoms with Crippen molar-refractivity contribution < 1.29 is 26.4 Å². The van der Waals surface area contributed by atoms with Crippen LogP contribution in [0.4, 0.5) is 13.2 Å². The number of sulfonamides is 1. The smallest absolute Gasteiger partial charge is 0.289 e. The highest BCUT2D eigenvalue weighted by Gasteiger charge is 2.30. The first-order chi connectivity index (χ1) is 11.6. The summed E-state index contributed by atoms with van der Waals surface area (Å²) >= 11 is 0. The number of rotatable bonds is 5. The molecule has 0 aliphatic heterocycles. The average molecular weight is 369 g/mol. The highest BCUT2D eigenvalue weighted by atomic mass is 32.2. The largest absolute Gasteiger partial charge is 0.416 e. The number of ketones is 1. The van der Waals surface area contributed by atoms with Crippen molar-refractivity contribution in [3.63, 3.8) is 0 Å². The fraction of sp³-hybridized carbons (Fsp3) is 0.118. The molecule has 0 atom stereocenters. The number of carbonyl (C=O) groups excluding carboxylic acids is 1. The van der Waals surface area contributed by atoms with Crippen LogP contribution < -0.4 is 4.72 Å². The van der Waals surface area contributed by atoms with Gasteiger partial charge in [-0.25, -0.2) is 13.1 Å². The van der Waals surface area contributed by atoms with Crippen molar-refractivity contribution in [3.8, 4) is 0 Å². The second kappa shape index (κ2) is 7.20. The van der Waals surface area contributed by atoms with E-state index in [4.69, 9.17) is 0 Å². The molecular formula is C17H14F3NO3S. The van der Waals surface area contributed by atoms with Crippen LogP contribution in [0, 0.1) is 0 Å². The van der Waals surface area contributed by atoms with Crippen molar-refractivity contribution in [2.75, 3.05) is 7.05 Å². The van der Waals surface area contributed by atoms with E-state index in [1.807, 2.05) is 0 Å². The van der Waals surface area contributed by atoms with Crippen LogP contribution in [0.2, 0.25) is 0 Å². The molecule has 4 nitrogen and oxygen atoms in total. The van der Waals surface area contributed by atoms with Crippen molar-refractivity contribution in [3.05, 3.63) is 71.3 Å². The lowest BCUT2D eigenvalue weighted by Gasteiger charge is -2.06. The van der Waals surface area contributed by atoms with Crippen molar-refractivity contribution >= 4 is 21.9 Å². The topological polar surface area (TPSA) is 63.2 Å². The third kappa shape index (κ3) is 4.77. The molecule has 1 N–H and O–H groups in total. The van der Waals surface area contributed by atoms with E-state index in [9.17, 15) is 26.4 Å². The third-order valence-corrected chi connectivity index (χ3v) is 4.79. The number of halogens is 3. The summed E-state index contributed by atoms with van der Waals surface area (Å²) in [5.74, 6) is -0.453. The van der Waals surface area contributed by atoms with E-state index in [0.29, 0.717) is 0 Å². The molecule has 0 aromatic heterocycles. The van der Waals surface area contributed by atoms with Gasteiger partial charge in [-0.1, -0.05) is 18.2 Å². The number of nitrogens with one attached hydrogen (secondary N) is 1. The van der Waals surface area contributed by atoms with Gasteiger partial charge in [0, 0.05) is 5.56 Å². The molecule has 0 saturated carbocycles. The Morgan fingerprint density at radius 2 is 1.72 bits per heavy atom. The molecule has 0 aliphatic rings. The molecule has 0 heterocycles. The van der Waals surface area contributed by atoms with Gasteiger partial charge in [-0.05, 0) is 55.1 Å². The van der Waals surface area contributed by atoms with Crippen molar-refractivity contribution in [2.24, 2.45) is 0 Å². The van der Waals surface area contributed by atoms with E-state index in [1.54, 1.807) is 0 Å². The zero-order valence-electron chi connectivity index (χ0n) is 13.0. The minimum Gasteiger partial charge on any atom is -0.289 e. The number of hydrogen-bond donors (Lipinski definition) is 1. The SMILES string of the molecule is CNS(=O)(=O)c1ccc(C(=O)/C=C/c2cccc(C(F)(F)F)c2)cc1. The van der Waals surface area contributed by atoms with Crippen LogP contribution in [0.1, 0.15) is 21.5 Å². The van der Waals surface area contributed by atoms with E-state index < -0.39 is 27.5 Å². The molecule has 0 amide bonds. The summed E-state index contributed by atoms with van der Waals surface area (Å²) in [7, 11) is -2.33. The lowest BCUT2D eigenvalue weighted by molar-refractivity contribution is -0.137. The molecule has 25 heavy (non-hydrogen) atoms. The fourth-order valence-electron chi connectivity index (χ4n) is 2.00. The second-order valence-corrected chi connectivity index (χ2v) is 6.94. The summed E-state index contributed by atoms with van der Waals surface area (Å²) in [6, 6.07) is 9.80. The van der Waals surface area contributed by atoms with Gasteiger partial charge in [0.2, 0.25) is 10.0 Å². The van der Waals surface area contributed by atoms with Gasteiger partial charge in [-0.15, -0.1) is 0 Å². The quantitative estimate of drug-likeness (QED) is 0.648. The number of allylic oxidation sites excluding steroid dienone is 1. The van der Waals surface area contributed by atoms with E-state index >= 15 is 0 Å². The predicted octanol–water partition coefficient (Wildman–Crippen LogP) is 3.51. The van der Waals surface area contributed by atoms with Gasteiger partial charge < -0.3 is 0 Å². The van der Waals surface area contributed by atoms with Crippen LogP contribution in [-0.2, 0) is 16.2 Å². The zero-order chi connectivity index (χ0) is 18.7. The van der Waals surface area contributed by atoms with Gasteiger partial charge >= 0.3 is 6.18 Å². The molecular weight excluding hydrogens is 355 g/mol. The minimum atomic E-state index is -4.46. The van der Waals surface area contributed by atoms with Gasteiger partial charge in [-0.2, -0.15) is 13.2 Å². The first-order valence-corrected chi connectivity index (χ1v) is 8.55. The summed E-state index contributed by atoms with van der Waals surface area (Å²) in [5, 5.41) is 0. The van der Waals surface area contributed by atoms with Crippen LogP contribution in [0.3, 0.4) is 0 Å². The standard InChI is InChI=1S/C17H14F3NO3S/c1-21-25(23,24)15-8-6-13(7-9-15)16(22)10-5-12-3-2-4-14(11-12)17(18,19)20/h2-11,21H,1H3/b10-5+. The second-order valence-electron chi connectivity index (χ2n) is 5.05. The Morgan fingerprint density at radius 3 is 2.28 bits per heavy atom. The van der Waals surface area contributed by atoms with Crippen LogP contribution >= 0.6 is 0 Å². The van der Waals surface area contributed by atoms with Gasteiger partial charge in [0.05, 0.1) is 10.5 Å². The molecule has 8 heteroatoms. The molecule has 0 fully saturated rings. The Balaban J connectivity index is 2.18. The predicted molar refractivity (Wildman–Crippen MR) is 87.5 cm³/mol. The summed E-state index contributed by atoms with van der Waals surface area (Å²) in [4.78, 5) is 12.1. The van der Waals surface area contributed by atoms with Crippen molar-refractivity contribution in [1.29, 1.82) is 0 Å². The maximum Gasteiger partial charge on any atom is 0.416 e. The highest BCUT2D eigenvalue weighted by molar-refractivity contribution is 7.89. The summed E-state index contributed by atoms with van der Waals surface area (Å²) in [6.45, 7) is 0. The van der Waals surface area contributed by atoms with Crippen LogP contribution in [0.25, 0.3) is 6.08 Å². The Kier molecular flexibility index (Phi) is 5.44. The van der Waals surface area contributed by atoms with Gasteiger partial charge in [0.25, 0.3) is 0 Å². The molecule has 0 saturated heterocycles. The molecule has 0 unspecified atom stereocenters. The van der Waals surface area contributed by atoms with Crippen LogP contribution in [-0.4, -0.2) is 21.2 Å². The van der Waals surface area contributed by atoms with E-state index in [1.165, 1.54) is 49.5 Å². The minimum absolute atomic E-state index is 0.00779. The average Bonchev–Trinajstić information content (AvgIpc) is 2.59. The third-order valence-electron chi connectivity index (χ3n) is 3.36. The summed E-state index contributed by atoms with van der Waals surface area (Å²) < 4.78 is 63.3. The summed E-state index contributed by atoms with van der Waals surface area (Å²) in [6.07, 6.45) is -2.05. The first kappa shape index (κ1) is 18.9. The van der Waals surface area contributed by atoms with Crippen LogP contribution in [0.5, 0.6) is 0 Å². The number of carbonyl (C=O) groups is 1.